The van der Waals surface area contributed by atoms with Gasteiger partial charge in [-0.1, -0.05) is 23.7 Å². The summed E-state index contributed by atoms with van der Waals surface area (Å²) in [4.78, 5) is 31.9. The van der Waals surface area contributed by atoms with Crippen LogP contribution >= 0.6 is 11.6 Å². The second-order valence-corrected chi connectivity index (χ2v) is 8.76. The third kappa shape index (κ3) is 3.97. The zero-order valence-corrected chi connectivity index (χ0v) is 19.2. The molecule has 8 heteroatoms. The lowest BCUT2D eigenvalue weighted by molar-refractivity contribution is 0.0719. The smallest absolute Gasteiger partial charge is 0.408 e. The number of rotatable bonds is 4. The van der Waals surface area contributed by atoms with Crippen molar-refractivity contribution >= 4 is 28.6 Å². The number of nitrogens with zero attached hydrogens (tertiary/aromatic N) is 3. The van der Waals surface area contributed by atoms with E-state index in [2.05, 4.69) is 0 Å². The lowest BCUT2D eigenvalue weighted by Crippen LogP contribution is -2.47. The Morgan fingerprint density at radius 3 is 2.45 bits per heavy atom. The molecule has 7 nitrogen and oxygen atoms in total. The van der Waals surface area contributed by atoms with E-state index in [-0.39, 0.29) is 16.0 Å². The Kier molecular flexibility index (Phi) is 6.00. The third-order valence-corrected chi connectivity index (χ3v) is 5.59. The fourth-order valence-corrected chi connectivity index (χ4v) is 4.19. The number of carboxylic acid groups (broad SMARTS) is 1. The summed E-state index contributed by atoms with van der Waals surface area (Å²) >= 11 is 6.36. The first-order valence-corrected chi connectivity index (χ1v) is 10.2. The monoisotopic (exact) mass is 443 g/mol. The largest absolute Gasteiger partial charge is 0.496 e. The first-order valence-electron chi connectivity index (χ1n) is 9.86. The predicted molar refractivity (Wildman–Crippen MR) is 122 cm³/mol. The lowest BCUT2D eigenvalue weighted by Gasteiger charge is -2.38. The minimum Gasteiger partial charge on any atom is -0.496 e. The Balaban J connectivity index is 2.45. The molecule has 0 saturated carbocycles. The standard InChI is InChI=1S/C23H26ClN3O4/c1-13-17(11-8-12-18(13)31-6)26-20(14(2)27(22(29)30)23(3,4)5)25-16-10-7-9-15(24)19(16)21(26)28/h7-12,14H,1-6H3,(H,29,30)/t14-/m0/s1. The molecule has 1 heterocycles. The molecule has 1 amide bonds. The van der Waals surface area contributed by atoms with Gasteiger partial charge in [-0.25, -0.2) is 9.78 Å². The average Bonchev–Trinajstić information content (AvgIpc) is 2.67. The summed E-state index contributed by atoms with van der Waals surface area (Å²) in [6, 6.07) is 9.68. The Morgan fingerprint density at radius 1 is 1.23 bits per heavy atom. The molecule has 31 heavy (non-hydrogen) atoms. The van der Waals surface area contributed by atoms with Gasteiger partial charge < -0.3 is 9.84 Å². The van der Waals surface area contributed by atoms with Gasteiger partial charge in [0, 0.05) is 11.1 Å². The van der Waals surface area contributed by atoms with E-state index < -0.39 is 17.7 Å². The van der Waals surface area contributed by atoms with Crippen molar-refractivity contribution in [3.05, 3.63) is 63.2 Å². The van der Waals surface area contributed by atoms with Crippen LogP contribution in [0.4, 0.5) is 4.79 Å². The number of carbonyl (C=O) groups is 1. The van der Waals surface area contributed by atoms with Crippen LogP contribution in [0.15, 0.2) is 41.2 Å². The number of amides is 1. The van der Waals surface area contributed by atoms with E-state index >= 15 is 0 Å². The van der Waals surface area contributed by atoms with Gasteiger partial charge in [-0.15, -0.1) is 0 Å². The third-order valence-electron chi connectivity index (χ3n) is 5.28. The van der Waals surface area contributed by atoms with Gasteiger partial charge >= 0.3 is 6.09 Å². The minimum atomic E-state index is -1.10. The fraction of sp³-hybridized carbons (Fsp3) is 0.348. The van der Waals surface area contributed by atoms with Crippen molar-refractivity contribution in [2.75, 3.05) is 7.11 Å². The summed E-state index contributed by atoms with van der Waals surface area (Å²) in [6.07, 6.45) is -1.10. The molecular weight excluding hydrogens is 418 g/mol. The van der Waals surface area contributed by atoms with Crippen molar-refractivity contribution in [2.24, 2.45) is 0 Å². The molecule has 0 aliphatic carbocycles. The molecule has 1 aromatic heterocycles. The number of ether oxygens (including phenoxy) is 1. The number of halogens is 1. The van der Waals surface area contributed by atoms with Crippen LogP contribution in [0.2, 0.25) is 5.02 Å². The van der Waals surface area contributed by atoms with E-state index in [1.54, 1.807) is 71.2 Å². The number of aromatic nitrogens is 2. The van der Waals surface area contributed by atoms with E-state index in [0.717, 1.165) is 5.56 Å². The first kappa shape index (κ1) is 22.6. The second kappa shape index (κ2) is 8.23. The number of benzene rings is 2. The molecule has 0 fully saturated rings. The molecule has 0 bridgehead atoms. The van der Waals surface area contributed by atoms with Crippen molar-refractivity contribution in [1.29, 1.82) is 0 Å². The van der Waals surface area contributed by atoms with Crippen LogP contribution in [0.1, 0.15) is 45.1 Å². The van der Waals surface area contributed by atoms with Gasteiger partial charge in [0.25, 0.3) is 5.56 Å². The van der Waals surface area contributed by atoms with Crippen molar-refractivity contribution < 1.29 is 14.6 Å². The molecule has 3 aromatic rings. The first-order chi connectivity index (χ1) is 14.5. The quantitative estimate of drug-likeness (QED) is 0.599. The van der Waals surface area contributed by atoms with Crippen molar-refractivity contribution in [3.8, 4) is 11.4 Å². The molecule has 0 radical (unpaired) electrons. The Labute approximate surface area is 185 Å². The highest BCUT2D eigenvalue weighted by molar-refractivity contribution is 6.35. The highest BCUT2D eigenvalue weighted by Crippen LogP contribution is 2.32. The fourth-order valence-electron chi connectivity index (χ4n) is 3.94. The molecule has 3 rings (SSSR count). The number of hydrogen-bond donors (Lipinski definition) is 1. The van der Waals surface area contributed by atoms with Crippen LogP contribution < -0.4 is 10.3 Å². The summed E-state index contributed by atoms with van der Waals surface area (Å²) in [5, 5.41) is 10.5. The molecule has 0 aliphatic heterocycles. The van der Waals surface area contributed by atoms with Crippen LogP contribution in [-0.2, 0) is 0 Å². The van der Waals surface area contributed by atoms with Gasteiger partial charge in [0.05, 0.1) is 34.8 Å². The Bertz CT molecular complexity index is 1210. The van der Waals surface area contributed by atoms with Crippen LogP contribution in [-0.4, -0.2) is 38.3 Å². The van der Waals surface area contributed by atoms with Crippen molar-refractivity contribution in [2.45, 2.75) is 46.2 Å². The Hall–Kier alpha value is -3.06. The highest BCUT2D eigenvalue weighted by Gasteiger charge is 2.35. The summed E-state index contributed by atoms with van der Waals surface area (Å²) in [5.74, 6) is 0.904. The molecule has 1 N–H and O–H groups in total. The molecule has 2 aromatic carbocycles. The molecule has 1 atom stereocenters. The van der Waals surface area contributed by atoms with E-state index in [0.29, 0.717) is 22.8 Å². The van der Waals surface area contributed by atoms with E-state index in [4.69, 9.17) is 21.3 Å². The Morgan fingerprint density at radius 2 is 1.87 bits per heavy atom. The predicted octanol–water partition coefficient (Wildman–Crippen LogP) is 5.20. The summed E-state index contributed by atoms with van der Waals surface area (Å²) in [5.41, 5.74) is 0.607. The molecule has 0 unspecified atom stereocenters. The minimum absolute atomic E-state index is 0.278. The summed E-state index contributed by atoms with van der Waals surface area (Å²) in [6.45, 7) is 8.96. The van der Waals surface area contributed by atoms with Crippen molar-refractivity contribution in [1.82, 2.24) is 14.5 Å². The van der Waals surface area contributed by atoms with E-state index in [1.165, 1.54) is 9.47 Å². The normalized spacial score (nSPS) is 12.6. The van der Waals surface area contributed by atoms with Gasteiger partial charge in [0.2, 0.25) is 0 Å². The number of hydrogen-bond acceptors (Lipinski definition) is 4. The second-order valence-electron chi connectivity index (χ2n) is 8.35. The van der Waals surface area contributed by atoms with Crippen LogP contribution in [0.25, 0.3) is 16.6 Å². The van der Waals surface area contributed by atoms with E-state index in [9.17, 15) is 14.7 Å². The van der Waals surface area contributed by atoms with Crippen LogP contribution in [0.5, 0.6) is 5.75 Å². The maximum absolute atomic E-state index is 13.7. The van der Waals surface area contributed by atoms with Gasteiger partial charge in [-0.3, -0.25) is 14.3 Å². The lowest BCUT2D eigenvalue weighted by atomic mass is 10.0. The molecule has 164 valence electrons. The molecule has 0 spiro atoms. The van der Waals surface area contributed by atoms with Gasteiger partial charge in [-0.2, -0.15) is 0 Å². The maximum atomic E-state index is 13.7. The molecule has 0 saturated heterocycles. The SMILES string of the molecule is COc1cccc(-n2c([C@H](C)N(C(=O)O)C(C)(C)C)nc3cccc(Cl)c3c2=O)c1C. The van der Waals surface area contributed by atoms with Crippen LogP contribution in [0.3, 0.4) is 0 Å². The maximum Gasteiger partial charge on any atom is 0.408 e. The topological polar surface area (TPSA) is 84.7 Å². The zero-order chi connectivity index (χ0) is 23.1. The molecular formula is C23H26ClN3O4. The van der Waals surface area contributed by atoms with Gasteiger partial charge in [-0.05, 0) is 58.9 Å². The number of fused-ring (bicyclic) bond motifs is 1. The summed E-state index contributed by atoms with van der Waals surface area (Å²) in [7, 11) is 1.56. The zero-order valence-electron chi connectivity index (χ0n) is 18.4. The van der Waals surface area contributed by atoms with Gasteiger partial charge in [0.1, 0.15) is 11.6 Å². The van der Waals surface area contributed by atoms with Gasteiger partial charge in [0.15, 0.2) is 0 Å². The average molecular weight is 444 g/mol. The van der Waals surface area contributed by atoms with Crippen LogP contribution in [0, 0.1) is 6.92 Å². The number of methoxy groups -OCH3 is 1. The summed E-state index contributed by atoms with van der Waals surface area (Å²) < 4.78 is 6.87. The highest BCUT2D eigenvalue weighted by atomic mass is 35.5. The van der Waals surface area contributed by atoms with Crippen molar-refractivity contribution in [3.63, 3.8) is 0 Å². The van der Waals surface area contributed by atoms with E-state index in [1.807, 2.05) is 6.92 Å². The molecule has 0 aliphatic rings.